The first-order chi connectivity index (χ1) is 14.0. The highest BCUT2D eigenvalue weighted by molar-refractivity contribution is 7.89. The number of nitrogens with one attached hydrogen (secondary N) is 1. The van der Waals surface area contributed by atoms with E-state index in [2.05, 4.69) is 15.0 Å². The van der Waals surface area contributed by atoms with Crippen molar-refractivity contribution in [3.8, 4) is 17.3 Å². The number of likely N-dealkylation sites (tertiary alicyclic amines) is 1. The van der Waals surface area contributed by atoms with E-state index in [1.165, 1.54) is 12.1 Å². The number of rotatable bonds is 6. The van der Waals surface area contributed by atoms with Gasteiger partial charge in [0.25, 0.3) is 0 Å². The van der Waals surface area contributed by atoms with Crippen LogP contribution in [0.1, 0.15) is 17.0 Å². The smallest absolute Gasteiger partial charge is 0.240 e. The van der Waals surface area contributed by atoms with Crippen LogP contribution in [0.25, 0.3) is 11.3 Å². The first kappa shape index (κ1) is 19.7. The number of hydrogen-bond acceptors (Lipinski definition) is 6. The van der Waals surface area contributed by atoms with Gasteiger partial charge < -0.3 is 0 Å². The molecule has 1 aliphatic rings. The highest BCUT2D eigenvalue weighted by Crippen LogP contribution is 2.24. The summed E-state index contributed by atoms with van der Waals surface area (Å²) in [6.07, 6.45) is 0.744. The van der Waals surface area contributed by atoms with Crippen LogP contribution in [-0.4, -0.2) is 37.4 Å². The number of nitrogens with zero attached hydrogens (tertiary/aromatic N) is 3. The third kappa shape index (κ3) is 4.71. The lowest BCUT2D eigenvalue weighted by Gasteiger charge is -2.15. The van der Waals surface area contributed by atoms with E-state index in [1.54, 1.807) is 23.5 Å². The van der Waals surface area contributed by atoms with Crippen LogP contribution in [0.3, 0.4) is 0 Å². The Morgan fingerprint density at radius 3 is 2.83 bits per heavy atom. The van der Waals surface area contributed by atoms with Gasteiger partial charge in [-0.3, -0.25) is 4.90 Å². The Labute approximate surface area is 174 Å². The molecule has 1 aliphatic heterocycles. The summed E-state index contributed by atoms with van der Waals surface area (Å²) in [6.45, 7) is 2.16. The van der Waals surface area contributed by atoms with Crippen LogP contribution >= 0.6 is 11.3 Å². The van der Waals surface area contributed by atoms with Gasteiger partial charge in [-0.1, -0.05) is 36.4 Å². The van der Waals surface area contributed by atoms with Gasteiger partial charge in [-0.15, -0.1) is 11.3 Å². The molecule has 6 nitrogen and oxygen atoms in total. The summed E-state index contributed by atoms with van der Waals surface area (Å²) in [6, 6.07) is 18.0. The second kappa shape index (κ2) is 8.43. The SMILES string of the molecule is N#Cc1cccc(S(=O)(=O)N[C@@H]2CCN(Cc3nc(-c4ccccc4)cs3)C2)c1. The van der Waals surface area contributed by atoms with E-state index >= 15 is 0 Å². The van der Waals surface area contributed by atoms with Gasteiger partial charge in [0.2, 0.25) is 10.0 Å². The number of hydrogen-bond donors (Lipinski definition) is 1. The molecule has 2 aromatic carbocycles. The highest BCUT2D eigenvalue weighted by Gasteiger charge is 2.28. The van der Waals surface area contributed by atoms with Crippen LogP contribution in [0.2, 0.25) is 0 Å². The minimum absolute atomic E-state index is 0.127. The quantitative estimate of drug-likeness (QED) is 0.657. The van der Waals surface area contributed by atoms with Crippen LogP contribution in [-0.2, 0) is 16.6 Å². The molecule has 0 unspecified atom stereocenters. The van der Waals surface area contributed by atoms with Crippen molar-refractivity contribution < 1.29 is 8.42 Å². The van der Waals surface area contributed by atoms with Gasteiger partial charge in [-0.2, -0.15) is 5.26 Å². The minimum atomic E-state index is -3.65. The van der Waals surface area contributed by atoms with Crippen LogP contribution < -0.4 is 4.72 Å². The summed E-state index contributed by atoms with van der Waals surface area (Å²) in [5.74, 6) is 0. The second-order valence-electron chi connectivity index (χ2n) is 6.97. The molecular weight excluding hydrogens is 404 g/mol. The molecule has 1 aromatic heterocycles. The van der Waals surface area contributed by atoms with Crippen molar-refractivity contribution >= 4 is 21.4 Å². The maximum Gasteiger partial charge on any atom is 0.240 e. The topological polar surface area (TPSA) is 86.1 Å². The summed E-state index contributed by atoms with van der Waals surface area (Å²) in [7, 11) is -3.65. The second-order valence-corrected chi connectivity index (χ2v) is 9.63. The van der Waals surface area contributed by atoms with Crippen molar-refractivity contribution in [1.82, 2.24) is 14.6 Å². The number of benzene rings is 2. The van der Waals surface area contributed by atoms with Gasteiger partial charge in [0.1, 0.15) is 5.01 Å². The van der Waals surface area contributed by atoms with Gasteiger partial charge in [-0.25, -0.2) is 18.1 Å². The third-order valence-electron chi connectivity index (χ3n) is 4.85. The molecule has 1 atom stereocenters. The van der Waals surface area contributed by atoms with Crippen molar-refractivity contribution in [2.45, 2.75) is 23.9 Å². The van der Waals surface area contributed by atoms with Gasteiger partial charge in [0.15, 0.2) is 0 Å². The molecule has 29 heavy (non-hydrogen) atoms. The fourth-order valence-corrected chi connectivity index (χ4v) is 5.56. The van der Waals surface area contributed by atoms with Crippen molar-refractivity contribution in [3.05, 3.63) is 70.5 Å². The van der Waals surface area contributed by atoms with Gasteiger partial charge in [-0.05, 0) is 24.6 Å². The Hall–Kier alpha value is -2.57. The maximum atomic E-state index is 12.6. The molecule has 0 saturated carbocycles. The number of aromatic nitrogens is 1. The first-order valence-corrected chi connectivity index (χ1v) is 11.6. The zero-order valence-corrected chi connectivity index (χ0v) is 17.3. The zero-order chi connectivity index (χ0) is 20.3. The summed E-state index contributed by atoms with van der Waals surface area (Å²) < 4.78 is 28.0. The lowest BCUT2D eigenvalue weighted by molar-refractivity contribution is 0.324. The molecular formula is C21H20N4O2S2. The highest BCUT2D eigenvalue weighted by atomic mass is 32.2. The molecule has 2 heterocycles. The number of thiazole rings is 1. The number of nitriles is 1. The van der Waals surface area contributed by atoms with Gasteiger partial charge in [0, 0.05) is 30.1 Å². The van der Waals surface area contributed by atoms with Crippen molar-refractivity contribution in [1.29, 1.82) is 5.26 Å². The number of sulfonamides is 1. The van der Waals surface area contributed by atoms with Crippen LogP contribution in [0.4, 0.5) is 0 Å². The van der Waals surface area contributed by atoms with Crippen molar-refractivity contribution in [2.24, 2.45) is 0 Å². The summed E-state index contributed by atoms with van der Waals surface area (Å²) in [4.78, 5) is 7.06. The monoisotopic (exact) mass is 424 g/mol. The Morgan fingerprint density at radius 1 is 1.21 bits per heavy atom. The van der Waals surface area contributed by atoms with E-state index in [0.29, 0.717) is 18.7 Å². The Balaban J connectivity index is 1.37. The van der Waals surface area contributed by atoms with Crippen LogP contribution in [0.15, 0.2) is 64.9 Å². The lowest BCUT2D eigenvalue weighted by atomic mass is 10.2. The van der Waals surface area contributed by atoms with Crippen LogP contribution in [0.5, 0.6) is 0 Å². The molecule has 148 valence electrons. The zero-order valence-electron chi connectivity index (χ0n) is 15.7. The Bertz CT molecular complexity index is 1140. The molecule has 0 radical (unpaired) electrons. The maximum absolute atomic E-state index is 12.6. The normalized spacial score (nSPS) is 17.3. The van der Waals surface area contributed by atoms with E-state index in [9.17, 15) is 8.42 Å². The average Bonchev–Trinajstić information content (AvgIpc) is 3.38. The molecule has 0 bridgehead atoms. The summed E-state index contributed by atoms with van der Waals surface area (Å²) in [5, 5.41) is 12.1. The van der Waals surface area contributed by atoms with E-state index in [-0.39, 0.29) is 10.9 Å². The van der Waals surface area contributed by atoms with Crippen molar-refractivity contribution in [2.75, 3.05) is 13.1 Å². The molecule has 1 N–H and O–H groups in total. The molecule has 0 amide bonds. The standard InChI is InChI=1S/C21H20N4O2S2/c22-12-16-5-4-8-19(11-16)29(26,27)24-18-9-10-25(13-18)14-21-23-20(15-28-21)17-6-2-1-3-7-17/h1-8,11,15,18,24H,9-10,13-14H2/t18-/m1/s1. The van der Waals surface area contributed by atoms with E-state index in [1.807, 2.05) is 36.4 Å². The predicted molar refractivity (Wildman–Crippen MR) is 113 cm³/mol. The molecule has 3 aromatic rings. The predicted octanol–water partition coefficient (Wildman–Crippen LogP) is 3.23. The average molecular weight is 425 g/mol. The summed E-state index contributed by atoms with van der Waals surface area (Å²) >= 11 is 1.62. The third-order valence-corrected chi connectivity index (χ3v) is 7.20. The van der Waals surface area contributed by atoms with E-state index in [0.717, 1.165) is 29.2 Å². The first-order valence-electron chi connectivity index (χ1n) is 9.28. The van der Waals surface area contributed by atoms with Crippen LogP contribution in [0, 0.1) is 11.3 Å². The molecule has 4 rings (SSSR count). The van der Waals surface area contributed by atoms with Gasteiger partial charge >= 0.3 is 0 Å². The van der Waals surface area contributed by atoms with Crippen molar-refractivity contribution in [3.63, 3.8) is 0 Å². The minimum Gasteiger partial charge on any atom is -0.295 e. The van der Waals surface area contributed by atoms with E-state index in [4.69, 9.17) is 10.2 Å². The van der Waals surface area contributed by atoms with Gasteiger partial charge in [0.05, 0.1) is 28.8 Å². The fourth-order valence-electron chi connectivity index (χ4n) is 3.41. The lowest BCUT2D eigenvalue weighted by Crippen LogP contribution is -2.37. The summed E-state index contributed by atoms with van der Waals surface area (Å²) in [5.41, 5.74) is 2.40. The molecule has 0 aliphatic carbocycles. The fraction of sp³-hybridized carbons (Fsp3) is 0.238. The Kier molecular flexibility index (Phi) is 5.74. The largest absolute Gasteiger partial charge is 0.295 e. The molecule has 1 saturated heterocycles. The molecule has 0 spiro atoms. The molecule has 1 fully saturated rings. The Morgan fingerprint density at radius 2 is 2.03 bits per heavy atom. The molecule has 8 heteroatoms. The van der Waals surface area contributed by atoms with E-state index < -0.39 is 10.0 Å².